The number of Topliss-reactive ketones (excluding diaryl/α,β-unsaturated/α-hetero) is 1. The number of aliphatic hydroxyl groups excluding tert-OH is 1. The summed E-state index contributed by atoms with van der Waals surface area (Å²) in [5.41, 5.74) is 4.66. The summed E-state index contributed by atoms with van der Waals surface area (Å²) in [7, 11) is 1.37. The van der Waals surface area contributed by atoms with Gasteiger partial charge in [-0.3, -0.25) is 14.4 Å². The van der Waals surface area contributed by atoms with E-state index in [-0.39, 0.29) is 70.8 Å². The molecule has 0 aromatic heterocycles. The van der Waals surface area contributed by atoms with E-state index in [0.717, 1.165) is 0 Å². The summed E-state index contributed by atoms with van der Waals surface area (Å²) in [6.07, 6.45) is -2.38. The minimum Gasteiger partial charge on any atom is -0.507 e. The first-order valence-corrected chi connectivity index (χ1v) is 12.1. The number of hydrogen-bond acceptors (Lipinski definition) is 10. The van der Waals surface area contributed by atoms with E-state index in [1.54, 1.807) is 13.0 Å². The van der Waals surface area contributed by atoms with E-state index in [1.165, 1.54) is 26.2 Å². The molecule has 10 heteroatoms. The molecule has 0 radical (unpaired) electrons. The summed E-state index contributed by atoms with van der Waals surface area (Å²) in [5, 5.41) is 32.8. The second-order valence-corrected chi connectivity index (χ2v) is 10.2. The van der Waals surface area contributed by atoms with Crippen LogP contribution in [0.2, 0.25) is 0 Å². The van der Waals surface area contributed by atoms with Crippen molar-refractivity contribution in [1.82, 2.24) is 0 Å². The monoisotopic (exact) mass is 511 g/mol. The Morgan fingerprint density at radius 2 is 1.84 bits per heavy atom. The van der Waals surface area contributed by atoms with Crippen LogP contribution in [0.25, 0.3) is 0 Å². The molecule has 3 unspecified atom stereocenters. The molecular formula is C27H29NO9. The number of rotatable bonds is 4. The zero-order valence-electron chi connectivity index (χ0n) is 20.7. The number of ketones is 3. The van der Waals surface area contributed by atoms with E-state index in [9.17, 15) is 29.7 Å². The first kappa shape index (κ1) is 25.3. The molecule has 1 aliphatic heterocycles. The van der Waals surface area contributed by atoms with Gasteiger partial charge in [0.15, 0.2) is 12.1 Å². The number of carbonyl (C=O) groups is 3. The maximum Gasteiger partial charge on any atom is 0.202 e. The van der Waals surface area contributed by atoms with Crippen LogP contribution in [0.15, 0.2) is 18.2 Å². The number of ether oxygens (including phenoxy) is 3. The summed E-state index contributed by atoms with van der Waals surface area (Å²) in [4.78, 5) is 39.8. The smallest absolute Gasteiger partial charge is 0.202 e. The molecule has 0 bridgehead atoms. The van der Waals surface area contributed by atoms with Crippen LogP contribution in [0, 0.1) is 5.41 Å². The van der Waals surface area contributed by atoms with Crippen molar-refractivity contribution < 1.29 is 43.9 Å². The molecule has 37 heavy (non-hydrogen) atoms. The van der Waals surface area contributed by atoms with Crippen molar-refractivity contribution in [3.05, 3.63) is 51.6 Å². The molecule has 5 rings (SSSR count). The van der Waals surface area contributed by atoms with Gasteiger partial charge in [0.05, 0.1) is 42.6 Å². The molecule has 2 aromatic rings. The lowest BCUT2D eigenvalue weighted by Crippen LogP contribution is -2.48. The van der Waals surface area contributed by atoms with Gasteiger partial charge in [0, 0.05) is 34.6 Å². The largest absolute Gasteiger partial charge is 0.507 e. The zero-order chi connectivity index (χ0) is 26.8. The van der Waals surface area contributed by atoms with Crippen molar-refractivity contribution in [2.45, 2.75) is 57.6 Å². The summed E-state index contributed by atoms with van der Waals surface area (Å²) >= 11 is 0. The van der Waals surface area contributed by atoms with Crippen LogP contribution in [-0.2, 0) is 20.7 Å². The highest BCUT2D eigenvalue weighted by Crippen LogP contribution is 2.54. The number of fused-ring (bicyclic) bond motifs is 3. The number of aliphatic hydroxyl groups is 1. The Kier molecular flexibility index (Phi) is 6.11. The summed E-state index contributed by atoms with van der Waals surface area (Å²) in [6, 6.07) is 3.95. The van der Waals surface area contributed by atoms with Crippen LogP contribution < -0.4 is 10.5 Å². The first-order chi connectivity index (χ1) is 17.5. The van der Waals surface area contributed by atoms with Gasteiger partial charge >= 0.3 is 0 Å². The highest BCUT2D eigenvalue weighted by atomic mass is 16.7. The number of aromatic hydroxyl groups is 2. The van der Waals surface area contributed by atoms with E-state index in [4.69, 9.17) is 19.9 Å². The number of carbonyl (C=O) groups excluding carboxylic acids is 3. The van der Waals surface area contributed by atoms with Crippen molar-refractivity contribution >= 4 is 17.3 Å². The predicted molar refractivity (Wildman–Crippen MR) is 129 cm³/mol. The second kappa shape index (κ2) is 8.91. The van der Waals surface area contributed by atoms with Crippen LogP contribution in [0.4, 0.5) is 0 Å². The Bertz CT molecular complexity index is 1340. The number of methoxy groups -OCH3 is 1. The van der Waals surface area contributed by atoms with Crippen molar-refractivity contribution in [1.29, 1.82) is 0 Å². The van der Waals surface area contributed by atoms with Gasteiger partial charge in [0.2, 0.25) is 5.78 Å². The molecule has 0 amide bonds. The SMILES string of the molecule is COc1cccc2c1C(=O)c1c(O)c3c(c(O)c1C2=O)C[C@@](C)(C(C)=O)C[C@@H]3OC1CC(N)C(O)CO1. The Morgan fingerprint density at radius 3 is 2.49 bits per heavy atom. The molecule has 1 saturated heterocycles. The second-order valence-electron chi connectivity index (χ2n) is 10.2. The maximum atomic E-state index is 13.6. The summed E-state index contributed by atoms with van der Waals surface area (Å²) in [6.45, 7) is 3.09. The lowest BCUT2D eigenvalue weighted by atomic mass is 9.67. The lowest BCUT2D eigenvalue weighted by Gasteiger charge is -2.41. The Hall–Kier alpha value is -3.31. The van der Waals surface area contributed by atoms with Gasteiger partial charge in [-0.1, -0.05) is 19.1 Å². The molecule has 196 valence electrons. The fourth-order valence-corrected chi connectivity index (χ4v) is 5.56. The third-order valence-electron chi connectivity index (χ3n) is 7.86. The zero-order valence-corrected chi connectivity index (χ0v) is 20.7. The predicted octanol–water partition coefficient (Wildman–Crippen LogP) is 1.92. The van der Waals surface area contributed by atoms with Crippen LogP contribution in [-0.4, -0.2) is 64.8 Å². The van der Waals surface area contributed by atoms with Gasteiger partial charge in [0.25, 0.3) is 0 Å². The van der Waals surface area contributed by atoms with Crippen molar-refractivity contribution in [3.8, 4) is 17.2 Å². The summed E-state index contributed by atoms with van der Waals surface area (Å²) in [5.74, 6) is -2.27. The Labute approximate surface area is 212 Å². The number of phenols is 2. The average Bonchev–Trinajstić information content (AvgIpc) is 2.86. The van der Waals surface area contributed by atoms with Crippen LogP contribution in [0.3, 0.4) is 0 Å². The molecule has 2 aliphatic carbocycles. The van der Waals surface area contributed by atoms with E-state index < -0.39 is 53.0 Å². The topological polar surface area (TPSA) is 166 Å². The van der Waals surface area contributed by atoms with Gasteiger partial charge in [-0.05, 0) is 25.8 Å². The number of phenolic OH excluding ortho intramolecular Hbond substituents is 2. The van der Waals surface area contributed by atoms with Crippen molar-refractivity contribution in [2.24, 2.45) is 11.1 Å². The van der Waals surface area contributed by atoms with Crippen molar-refractivity contribution in [3.63, 3.8) is 0 Å². The quantitative estimate of drug-likeness (QED) is 0.380. The molecule has 10 nitrogen and oxygen atoms in total. The third-order valence-corrected chi connectivity index (χ3v) is 7.86. The van der Waals surface area contributed by atoms with E-state index in [2.05, 4.69) is 0 Å². The molecule has 5 N–H and O–H groups in total. The molecule has 3 aliphatic rings. The van der Waals surface area contributed by atoms with Gasteiger partial charge in [-0.15, -0.1) is 0 Å². The van der Waals surface area contributed by atoms with Gasteiger partial charge in [-0.2, -0.15) is 0 Å². The van der Waals surface area contributed by atoms with Crippen LogP contribution in [0.1, 0.15) is 75.8 Å². The lowest BCUT2D eigenvalue weighted by molar-refractivity contribution is -0.219. The molecule has 1 heterocycles. The highest BCUT2D eigenvalue weighted by Gasteiger charge is 2.48. The Balaban J connectivity index is 1.69. The number of benzene rings is 2. The standard InChI is InChI=1S/C27H29NO9/c1-11(29)27(2)8-13-20(17(9-27)37-18-7-14(28)15(30)10-36-18)26(34)22-21(24(13)32)23(31)12-5-4-6-16(35-3)19(12)25(22)33/h4-6,14-15,17-18,30,32,34H,7-10,28H2,1-3H3/t14?,15?,17-,18?,27+/m0/s1. The van der Waals surface area contributed by atoms with Crippen LogP contribution in [0.5, 0.6) is 17.2 Å². The van der Waals surface area contributed by atoms with E-state index in [0.29, 0.717) is 0 Å². The minimum atomic E-state index is -0.991. The molecular weight excluding hydrogens is 482 g/mol. The average molecular weight is 512 g/mol. The fraction of sp³-hybridized carbons (Fsp3) is 0.444. The van der Waals surface area contributed by atoms with Gasteiger partial charge in [0.1, 0.15) is 23.0 Å². The van der Waals surface area contributed by atoms with Gasteiger partial charge < -0.3 is 35.3 Å². The molecule has 5 atom stereocenters. The maximum absolute atomic E-state index is 13.6. The summed E-state index contributed by atoms with van der Waals surface area (Å²) < 4.78 is 17.0. The normalized spacial score (nSPS) is 28.8. The van der Waals surface area contributed by atoms with Crippen LogP contribution >= 0.6 is 0 Å². The van der Waals surface area contributed by atoms with E-state index in [1.807, 2.05) is 0 Å². The first-order valence-electron chi connectivity index (χ1n) is 12.1. The van der Waals surface area contributed by atoms with Crippen molar-refractivity contribution in [2.75, 3.05) is 13.7 Å². The molecule has 1 fully saturated rings. The molecule has 0 spiro atoms. The van der Waals surface area contributed by atoms with Gasteiger partial charge in [-0.25, -0.2) is 0 Å². The Morgan fingerprint density at radius 1 is 1.14 bits per heavy atom. The minimum absolute atomic E-state index is 0.00502. The molecule has 2 aromatic carbocycles. The number of hydrogen-bond donors (Lipinski definition) is 4. The molecule has 0 saturated carbocycles. The fourth-order valence-electron chi connectivity index (χ4n) is 5.56. The third kappa shape index (κ3) is 3.83. The number of nitrogens with two attached hydrogens (primary N) is 1. The highest BCUT2D eigenvalue weighted by molar-refractivity contribution is 6.31. The van der Waals surface area contributed by atoms with E-state index >= 15 is 0 Å².